The highest BCUT2D eigenvalue weighted by Gasteiger charge is 2.34. The maximum Gasteiger partial charge on any atom is 0.257 e. The maximum atomic E-state index is 14.8. The summed E-state index contributed by atoms with van der Waals surface area (Å²) in [5.74, 6) is -0.132. The summed E-state index contributed by atoms with van der Waals surface area (Å²) in [4.78, 5) is 48.7. The average molecular weight is 561 g/mol. The Kier molecular flexibility index (Phi) is 8.75. The van der Waals surface area contributed by atoms with E-state index in [-0.39, 0.29) is 36.9 Å². The molecule has 5 rings (SSSR count). The minimum atomic E-state index is -0.565. The first-order valence-electron chi connectivity index (χ1n) is 14.4. The number of piperidine rings is 1. The van der Waals surface area contributed by atoms with Crippen molar-refractivity contribution in [3.63, 3.8) is 0 Å². The topological polar surface area (TPSA) is 100 Å². The highest BCUT2D eigenvalue weighted by atomic mass is 19.1. The largest absolute Gasteiger partial charge is 0.344 e. The molecule has 1 N–H and O–H groups in total. The van der Waals surface area contributed by atoms with Crippen LogP contribution < -0.4 is 5.32 Å². The number of carbonyl (C=O) groups excluding carboxylic acids is 3. The van der Waals surface area contributed by atoms with Gasteiger partial charge in [0.15, 0.2) is 0 Å². The zero-order valence-electron chi connectivity index (χ0n) is 23.7. The van der Waals surface area contributed by atoms with E-state index >= 15 is 0 Å². The Balaban J connectivity index is 1.51. The van der Waals surface area contributed by atoms with Gasteiger partial charge in [0.25, 0.3) is 5.91 Å². The fraction of sp³-hybridized carbons (Fsp3) is 0.452. The number of nitrogens with zero attached hydrogens (tertiary/aromatic N) is 5. The lowest BCUT2D eigenvalue weighted by Crippen LogP contribution is -2.53. The standard InChI is InChI=1S/C31H37FN6O3/c1-21-10-8-13-24(32)28(21)31(41)36-16-9-15-27(39)37-17-7-6-14-26(37)30(40)34-25(20-23-11-4-3-5-12-23)29-33-22(2)35-38(29)19-18-36/h3-5,8,10-13,25-26H,6-7,9,14-20H2,1-2H3,(H,34,40)/t25-,26+/m1/s1. The molecule has 2 aliphatic rings. The van der Waals surface area contributed by atoms with Crippen molar-refractivity contribution >= 4 is 17.7 Å². The Morgan fingerprint density at radius 3 is 2.56 bits per heavy atom. The molecule has 0 unspecified atom stereocenters. The van der Waals surface area contributed by atoms with Gasteiger partial charge in [-0.1, -0.05) is 42.5 Å². The van der Waals surface area contributed by atoms with E-state index in [9.17, 15) is 18.8 Å². The van der Waals surface area contributed by atoms with Crippen LogP contribution in [0.5, 0.6) is 0 Å². The second kappa shape index (κ2) is 12.6. The van der Waals surface area contributed by atoms with E-state index in [1.165, 1.54) is 6.07 Å². The van der Waals surface area contributed by atoms with Crippen LogP contribution in [0.1, 0.15) is 71.3 Å². The molecule has 41 heavy (non-hydrogen) atoms. The zero-order chi connectivity index (χ0) is 28.9. The summed E-state index contributed by atoms with van der Waals surface area (Å²) in [6.45, 7) is 4.86. The average Bonchev–Trinajstić information content (AvgIpc) is 3.34. The van der Waals surface area contributed by atoms with Gasteiger partial charge in [-0.05, 0) is 63.1 Å². The number of aryl methyl sites for hydroxylation is 2. The number of hydrogen-bond donors (Lipinski definition) is 1. The fourth-order valence-corrected chi connectivity index (χ4v) is 5.88. The lowest BCUT2D eigenvalue weighted by Gasteiger charge is -2.36. The van der Waals surface area contributed by atoms with Gasteiger partial charge in [0.05, 0.1) is 18.2 Å². The van der Waals surface area contributed by atoms with Gasteiger partial charge in [-0.15, -0.1) is 0 Å². The molecule has 3 aromatic rings. The monoisotopic (exact) mass is 560 g/mol. The van der Waals surface area contributed by atoms with Crippen LogP contribution in [0.2, 0.25) is 0 Å². The van der Waals surface area contributed by atoms with Crippen molar-refractivity contribution in [1.29, 1.82) is 0 Å². The molecule has 3 amide bonds. The second-order valence-corrected chi connectivity index (χ2v) is 10.9. The van der Waals surface area contributed by atoms with Crippen LogP contribution in [0.15, 0.2) is 48.5 Å². The third kappa shape index (κ3) is 6.47. The molecule has 10 heteroatoms. The van der Waals surface area contributed by atoms with Gasteiger partial charge in [0.2, 0.25) is 11.8 Å². The van der Waals surface area contributed by atoms with Crippen LogP contribution in [-0.2, 0) is 22.6 Å². The highest BCUT2D eigenvalue weighted by Crippen LogP contribution is 2.24. The first-order valence-corrected chi connectivity index (χ1v) is 14.4. The first kappa shape index (κ1) is 28.4. The maximum absolute atomic E-state index is 14.8. The van der Waals surface area contributed by atoms with Crippen molar-refractivity contribution in [2.75, 3.05) is 19.6 Å². The summed E-state index contributed by atoms with van der Waals surface area (Å²) >= 11 is 0. The third-order valence-electron chi connectivity index (χ3n) is 7.97. The van der Waals surface area contributed by atoms with E-state index < -0.39 is 23.8 Å². The van der Waals surface area contributed by atoms with Crippen molar-refractivity contribution < 1.29 is 18.8 Å². The summed E-state index contributed by atoms with van der Waals surface area (Å²) in [6.07, 6.45) is 3.40. The van der Waals surface area contributed by atoms with Crippen LogP contribution in [0.25, 0.3) is 0 Å². The molecule has 216 valence electrons. The predicted molar refractivity (Wildman–Crippen MR) is 151 cm³/mol. The van der Waals surface area contributed by atoms with E-state index in [1.54, 1.807) is 40.5 Å². The highest BCUT2D eigenvalue weighted by molar-refractivity contribution is 5.96. The van der Waals surface area contributed by atoms with Crippen molar-refractivity contribution in [3.8, 4) is 0 Å². The smallest absolute Gasteiger partial charge is 0.257 e. The first-order chi connectivity index (χ1) is 19.8. The molecule has 2 aliphatic heterocycles. The summed E-state index contributed by atoms with van der Waals surface area (Å²) in [5.41, 5.74) is 1.62. The molecule has 0 saturated carbocycles. The van der Waals surface area contributed by atoms with E-state index in [0.29, 0.717) is 49.6 Å². The molecule has 3 heterocycles. The van der Waals surface area contributed by atoms with Crippen LogP contribution in [0, 0.1) is 19.7 Å². The van der Waals surface area contributed by atoms with Crippen molar-refractivity contribution in [2.45, 2.75) is 71.0 Å². The molecule has 2 aromatic carbocycles. The number of rotatable bonds is 3. The molecule has 1 aromatic heterocycles. The Morgan fingerprint density at radius 1 is 0.976 bits per heavy atom. The quantitative estimate of drug-likeness (QED) is 0.526. The molecule has 9 nitrogen and oxygen atoms in total. The minimum Gasteiger partial charge on any atom is -0.344 e. The van der Waals surface area contributed by atoms with Crippen molar-refractivity contribution in [2.24, 2.45) is 0 Å². The predicted octanol–water partition coefficient (Wildman–Crippen LogP) is 3.75. The van der Waals surface area contributed by atoms with E-state index in [0.717, 1.165) is 18.4 Å². The Morgan fingerprint density at radius 2 is 1.78 bits per heavy atom. The van der Waals surface area contributed by atoms with Crippen LogP contribution >= 0.6 is 0 Å². The molecule has 1 saturated heterocycles. The Hall–Kier alpha value is -4.08. The van der Waals surface area contributed by atoms with Gasteiger partial charge in [0, 0.05) is 26.1 Å². The van der Waals surface area contributed by atoms with E-state index in [1.807, 2.05) is 30.3 Å². The molecule has 0 radical (unpaired) electrons. The lowest BCUT2D eigenvalue weighted by molar-refractivity contribution is -0.142. The molecule has 2 atom stereocenters. The van der Waals surface area contributed by atoms with Crippen LogP contribution in [-0.4, -0.2) is 68.0 Å². The number of nitrogens with one attached hydrogen (secondary N) is 1. The third-order valence-corrected chi connectivity index (χ3v) is 7.97. The molecule has 0 spiro atoms. The van der Waals surface area contributed by atoms with E-state index in [2.05, 4.69) is 10.4 Å². The number of halogens is 1. The lowest BCUT2D eigenvalue weighted by atomic mass is 9.99. The van der Waals surface area contributed by atoms with E-state index in [4.69, 9.17) is 4.98 Å². The van der Waals surface area contributed by atoms with Gasteiger partial charge in [-0.3, -0.25) is 14.4 Å². The molecular formula is C31H37FN6O3. The van der Waals surface area contributed by atoms with Crippen LogP contribution in [0.4, 0.5) is 4.39 Å². The van der Waals surface area contributed by atoms with Crippen LogP contribution in [0.3, 0.4) is 0 Å². The summed E-state index contributed by atoms with van der Waals surface area (Å²) in [7, 11) is 0. The zero-order valence-corrected chi connectivity index (χ0v) is 23.7. The number of hydrogen-bond acceptors (Lipinski definition) is 5. The molecule has 1 fully saturated rings. The van der Waals surface area contributed by atoms with Gasteiger partial charge < -0.3 is 15.1 Å². The van der Waals surface area contributed by atoms with Gasteiger partial charge in [-0.25, -0.2) is 14.1 Å². The Bertz CT molecular complexity index is 1390. The fourth-order valence-electron chi connectivity index (χ4n) is 5.88. The van der Waals surface area contributed by atoms with Gasteiger partial charge >= 0.3 is 0 Å². The van der Waals surface area contributed by atoms with Crippen molar-refractivity contribution in [3.05, 3.63) is 82.7 Å². The second-order valence-electron chi connectivity index (χ2n) is 10.9. The molecule has 0 bridgehead atoms. The van der Waals surface area contributed by atoms with Gasteiger partial charge in [0.1, 0.15) is 23.5 Å². The number of amides is 3. The minimum absolute atomic E-state index is 0.0419. The normalized spacial score (nSPS) is 20.6. The summed E-state index contributed by atoms with van der Waals surface area (Å²) < 4.78 is 16.6. The number of benzene rings is 2. The number of fused-ring (bicyclic) bond motifs is 2. The van der Waals surface area contributed by atoms with Gasteiger partial charge in [-0.2, -0.15) is 5.10 Å². The molecular weight excluding hydrogens is 523 g/mol. The summed E-state index contributed by atoms with van der Waals surface area (Å²) in [6, 6.07) is 13.4. The van der Waals surface area contributed by atoms with Crippen molar-refractivity contribution in [1.82, 2.24) is 29.9 Å². The molecule has 0 aliphatic carbocycles. The Labute approximate surface area is 239 Å². The number of aromatic nitrogens is 3. The summed E-state index contributed by atoms with van der Waals surface area (Å²) in [5, 5.41) is 7.81. The number of carbonyl (C=O) groups is 3. The SMILES string of the molecule is Cc1nc2n(n1)CCN(C(=O)c1c(C)cccc1F)CCCC(=O)N1CCCC[C@H]1C(=O)N[C@@H]2Cc1ccccc1.